The fourth-order valence-corrected chi connectivity index (χ4v) is 2.26. The van der Waals surface area contributed by atoms with Gasteiger partial charge in [-0.1, -0.05) is 24.9 Å². The number of rotatable bonds is 6. The summed E-state index contributed by atoms with van der Waals surface area (Å²) in [6.45, 7) is 2.56. The third-order valence-corrected chi connectivity index (χ3v) is 3.61. The Morgan fingerprint density at radius 1 is 1.24 bits per heavy atom. The highest BCUT2D eigenvalue weighted by molar-refractivity contribution is 6.30. The number of pyridine rings is 1. The molecule has 0 radical (unpaired) electrons. The van der Waals surface area contributed by atoms with Gasteiger partial charge in [0.2, 0.25) is 0 Å². The van der Waals surface area contributed by atoms with Crippen LogP contribution in [0.3, 0.4) is 0 Å². The van der Waals surface area contributed by atoms with Gasteiger partial charge in [-0.2, -0.15) is 13.2 Å². The van der Waals surface area contributed by atoms with Crippen molar-refractivity contribution >= 4 is 28.9 Å². The van der Waals surface area contributed by atoms with Crippen molar-refractivity contribution in [1.29, 1.82) is 0 Å². The van der Waals surface area contributed by atoms with E-state index in [2.05, 4.69) is 15.6 Å². The topological polar surface area (TPSA) is 54.0 Å². The second-order valence-corrected chi connectivity index (χ2v) is 5.79. The van der Waals surface area contributed by atoms with Crippen molar-refractivity contribution in [3.63, 3.8) is 0 Å². The maximum absolute atomic E-state index is 13.1. The van der Waals surface area contributed by atoms with Gasteiger partial charge in [-0.3, -0.25) is 4.79 Å². The van der Waals surface area contributed by atoms with E-state index >= 15 is 0 Å². The maximum atomic E-state index is 13.1. The number of hydrogen-bond acceptors (Lipinski definition) is 3. The van der Waals surface area contributed by atoms with E-state index in [4.69, 9.17) is 11.6 Å². The van der Waals surface area contributed by atoms with Crippen LogP contribution >= 0.6 is 11.6 Å². The summed E-state index contributed by atoms with van der Waals surface area (Å²) in [6, 6.07) is 6.41. The number of alkyl halides is 3. The Labute approximate surface area is 148 Å². The molecule has 2 N–H and O–H groups in total. The van der Waals surface area contributed by atoms with Gasteiger partial charge in [-0.15, -0.1) is 0 Å². The molecule has 0 spiro atoms. The van der Waals surface area contributed by atoms with Crippen LogP contribution in [0, 0.1) is 0 Å². The average molecular weight is 372 g/mol. The number of carbonyl (C=O) groups excluding carboxylic acids is 1. The highest BCUT2D eigenvalue weighted by atomic mass is 35.5. The standard InChI is InChI=1S/C17H17ClF3N3O/c1-2-3-8-22-16(25)15-7-5-12(10-23-15)24-14-6-4-11(18)9-13(14)17(19,20)21/h4-7,9-10,24H,2-3,8H2,1H3,(H,22,25). The van der Waals surface area contributed by atoms with Crippen molar-refractivity contribution < 1.29 is 18.0 Å². The molecule has 0 aliphatic rings. The molecule has 0 unspecified atom stereocenters. The van der Waals surface area contributed by atoms with Crippen LogP contribution in [0.5, 0.6) is 0 Å². The summed E-state index contributed by atoms with van der Waals surface area (Å²) in [4.78, 5) is 15.8. The Kier molecular flexibility index (Phi) is 6.25. The Balaban J connectivity index is 2.13. The minimum atomic E-state index is -4.54. The lowest BCUT2D eigenvalue weighted by Crippen LogP contribution is -2.25. The van der Waals surface area contributed by atoms with Crippen LogP contribution in [0.4, 0.5) is 24.5 Å². The van der Waals surface area contributed by atoms with Crippen LogP contribution < -0.4 is 10.6 Å². The van der Waals surface area contributed by atoms with Gasteiger partial charge >= 0.3 is 6.18 Å². The van der Waals surface area contributed by atoms with Crippen molar-refractivity contribution in [1.82, 2.24) is 10.3 Å². The van der Waals surface area contributed by atoms with Crippen LogP contribution in [-0.4, -0.2) is 17.4 Å². The molecular formula is C17H17ClF3N3O. The number of carbonyl (C=O) groups is 1. The molecule has 1 heterocycles. The summed E-state index contributed by atoms with van der Waals surface area (Å²) >= 11 is 5.65. The number of hydrogen-bond donors (Lipinski definition) is 2. The molecule has 0 aliphatic heterocycles. The zero-order valence-corrected chi connectivity index (χ0v) is 14.2. The molecule has 0 fully saturated rings. The van der Waals surface area contributed by atoms with Gasteiger partial charge < -0.3 is 10.6 Å². The molecule has 0 saturated heterocycles. The van der Waals surface area contributed by atoms with E-state index in [-0.39, 0.29) is 22.3 Å². The molecule has 8 heteroatoms. The van der Waals surface area contributed by atoms with Gasteiger partial charge in [0.15, 0.2) is 0 Å². The summed E-state index contributed by atoms with van der Waals surface area (Å²) in [6.07, 6.45) is -1.41. The van der Waals surface area contributed by atoms with E-state index in [1.165, 1.54) is 30.5 Å². The molecule has 0 atom stereocenters. The van der Waals surface area contributed by atoms with E-state index in [9.17, 15) is 18.0 Å². The number of unbranched alkanes of at least 4 members (excludes halogenated alkanes) is 1. The summed E-state index contributed by atoms with van der Waals surface area (Å²) in [5.74, 6) is -0.317. The van der Waals surface area contributed by atoms with Gasteiger partial charge in [0.1, 0.15) is 5.69 Å². The van der Waals surface area contributed by atoms with Gasteiger partial charge in [-0.05, 0) is 36.8 Å². The first-order chi connectivity index (χ1) is 11.8. The average Bonchev–Trinajstić information content (AvgIpc) is 2.56. The molecule has 134 valence electrons. The van der Waals surface area contributed by atoms with Crippen molar-refractivity contribution in [2.75, 3.05) is 11.9 Å². The minimum absolute atomic E-state index is 0.00454. The lowest BCUT2D eigenvalue weighted by atomic mass is 10.1. The number of aromatic nitrogens is 1. The quantitative estimate of drug-likeness (QED) is 0.700. The number of benzene rings is 1. The maximum Gasteiger partial charge on any atom is 0.418 e. The first-order valence-electron chi connectivity index (χ1n) is 7.69. The van der Waals surface area contributed by atoms with Crippen molar-refractivity contribution in [3.8, 4) is 0 Å². The monoisotopic (exact) mass is 371 g/mol. The third kappa shape index (κ3) is 5.35. The number of nitrogens with one attached hydrogen (secondary N) is 2. The fraction of sp³-hybridized carbons (Fsp3) is 0.294. The number of anilines is 2. The predicted octanol–water partition coefficient (Wildman–Crippen LogP) is 5.03. The smallest absolute Gasteiger partial charge is 0.354 e. The minimum Gasteiger partial charge on any atom is -0.354 e. The summed E-state index contributed by atoms with van der Waals surface area (Å²) < 4.78 is 39.2. The molecule has 0 aliphatic carbocycles. The largest absolute Gasteiger partial charge is 0.418 e. The molecule has 1 aromatic carbocycles. The van der Waals surface area contributed by atoms with Gasteiger partial charge in [0, 0.05) is 11.6 Å². The van der Waals surface area contributed by atoms with Crippen LogP contribution in [-0.2, 0) is 6.18 Å². The molecule has 1 amide bonds. The molecule has 2 aromatic rings. The highest BCUT2D eigenvalue weighted by Gasteiger charge is 2.33. The normalized spacial score (nSPS) is 11.2. The van der Waals surface area contributed by atoms with Crippen LogP contribution in [0.15, 0.2) is 36.5 Å². The van der Waals surface area contributed by atoms with Crippen LogP contribution in [0.2, 0.25) is 5.02 Å². The summed E-state index contributed by atoms with van der Waals surface area (Å²) in [7, 11) is 0. The number of amides is 1. The Hall–Kier alpha value is -2.28. The summed E-state index contributed by atoms with van der Waals surface area (Å²) in [5, 5.41) is 5.37. The zero-order chi connectivity index (χ0) is 18.4. The zero-order valence-electron chi connectivity index (χ0n) is 13.5. The Morgan fingerprint density at radius 2 is 2.00 bits per heavy atom. The van der Waals surface area contributed by atoms with Crippen LogP contribution in [0.1, 0.15) is 35.8 Å². The van der Waals surface area contributed by atoms with E-state index < -0.39 is 11.7 Å². The lowest BCUT2D eigenvalue weighted by Gasteiger charge is -2.15. The SMILES string of the molecule is CCCCNC(=O)c1ccc(Nc2ccc(Cl)cc2C(F)(F)F)cn1. The third-order valence-electron chi connectivity index (χ3n) is 3.38. The van der Waals surface area contributed by atoms with Crippen molar-refractivity contribution in [2.24, 2.45) is 0 Å². The van der Waals surface area contributed by atoms with Crippen molar-refractivity contribution in [2.45, 2.75) is 25.9 Å². The highest BCUT2D eigenvalue weighted by Crippen LogP contribution is 2.37. The molecular weight excluding hydrogens is 355 g/mol. The molecule has 4 nitrogen and oxygen atoms in total. The van der Waals surface area contributed by atoms with Gasteiger partial charge in [0.05, 0.1) is 23.1 Å². The number of nitrogens with zero attached hydrogens (tertiary/aromatic N) is 1. The Morgan fingerprint density at radius 3 is 2.60 bits per heavy atom. The van der Waals surface area contributed by atoms with Crippen LogP contribution in [0.25, 0.3) is 0 Å². The Bertz CT molecular complexity index is 733. The first-order valence-corrected chi connectivity index (χ1v) is 8.07. The number of halogens is 4. The van der Waals surface area contributed by atoms with E-state index in [0.29, 0.717) is 12.2 Å². The lowest BCUT2D eigenvalue weighted by molar-refractivity contribution is -0.136. The van der Waals surface area contributed by atoms with Gasteiger partial charge in [-0.25, -0.2) is 4.98 Å². The first kappa shape index (κ1) is 19.1. The molecule has 0 bridgehead atoms. The van der Waals surface area contributed by atoms with E-state index in [0.717, 1.165) is 18.9 Å². The second-order valence-electron chi connectivity index (χ2n) is 5.35. The second kappa shape index (κ2) is 8.20. The molecule has 2 rings (SSSR count). The molecule has 0 saturated carbocycles. The molecule has 1 aromatic heterocycles. The predicted molar refractivity (Wildman–Crippen MR) is 91.2 cm³/mol. The molecule has 25 heavy (non-hydrogen) atoms. The van der Waals surface area contributed by atoms with E-state index in [1.54, 1.807) is 0 Å². The van der Waals surface area contributed by atoms with Gasteiger partial charge in [0.25, 0.3) is 5.91 Å². The summed E-state index contributed by atoms with van der Waals surface area (Å²) in [5.41, 5.74) is -0.480. The van der Waals surface area contributed by atoms with E-state index in [1.807, 2.05) is 6.92 Å². The van der Waals surface area contributed by atoms with Crippen molar-refractivity contribution in [3.05, 3.63) is 52.8 Å². The fourth-order valence-electron chi connectivity index (χ4n) is 2.09.